The van der Waals surface area contributed by atoms with E-state index in [0.717, 1.165) is 0 Å². The van der Waals surface area contributed by atoms with Crippen molar-refractivity contribution >= 4 is 20.0 Å². The van der Waals surface area contributed by atoms with Crippen LogP contribution >= 0.6 is 20.0 Å². The molecule has 0 atom stereocenters. The Bertz CT molecular complexity index is 8.00. The minimum atomic E-state index is 0.685. The molecule has 0 nitrogen and oxygen atoms in total. The molecule has 2 heteroatoms. The molecule has 0 radical (unpaired) electrons. The van der Waals surface area contributed by atoms with Crippen molar-refractivity contribution in [2.24, 2.45) is 0 Å². The first kappa shape index (κ1) is 5.31. The summed E-state index contributed by atoms with van der Waals surface area (Å²) in [4.78, 5) is 0. The molecule has 0 aromatic carbocycles. The van der Waals surface area contributed by atoms with E-state index in [1.807, 2.05) is 0 Å². The zero-order chi connectivity index (χ0) is 3.41. The SMILES string of the molecule is C[CH2][V][I]. The standard InChI is InChI=1S/C2H5.HI.V/c1-2;;/h1H2,2H3;1H;/q;;+1/p-1. The van der Waals surface area contributed by atoms with Gasteiger partial charge in [0.2, 0.25) is 0 Å². The van der Waals surface area contributed by atoms with E-state index in [2.05, 4.69) is 26.9 Å². The van der Waals surface area contributed by atoms with Crippen LogP contribution in [-0.4, -0.2) is 0 Å². The van der Waals surface area contributed by atoms with E-state index in [1.165, 1.54) is 5.13 Å². The summed E-state index contributed by atoms with van der Waals surface area (Å²) in [6.45, 7) is 2.21. The van der Waals surface area contributed by atoms with Crippen LogP contribution in [0, 0.1) is 0 Å². The van der Waals surface area contributed by atoms with E-state index in [0.29, 0.717) is 12.9 Å². The molecule has 25 valence electrons. The average Bonchev–Trinajstić information content (AvgIpc) is 1.37. The van der Waals surface area contributed by atoms with Crippen LogP contribution in [0.5, 0.6) is 0 Å². The van der Waals surface area contributed by atoms with Crippen molar-refractivity contribution in [1.29, 1.82) is 0 Å². The molecule has 0 bridgehead atoms. The fraction of sp³-hybridized carbons (Fsp3) is 1.00. The summed E-state index contributed by atoms with van der Waals surface area (Å²) in [6.07, 6.45) is 0. The van der Waals surface area contributed by atoms with Gasteiger partial charge in [-0.2, -0.15) is 0 Å². The summed E-state index contributed by atoms with van der Waals surface area (Å²) in [5, 5.41) is 1.40. The van der Waals surface area contributed by atoms with E-state index in [-0.39, 0.29) is 0 Å². The molecule has 0 heterocycles. The number of hydrogen-bond donors (Lipinski definition) is 0. The predicted molar refractivity (Wildman–Crippen MR) is 24.5 cm³/mol. The Morgan fingerprint density at radius 1 is 2.00 bits per heavy atom. The van der Waals surface area contributed by atoms with Crippen molar-refractivity contribution in [3.8, 4) is 0 Å². The van der Waals surface area contributed by atoms with Gasteiger partial charge < -0.3 is 0 Å². The molecule has 0 aromatic heterocycles. The molecule has 0 aliphatic heterocycles. The molecule has 0 aliphatic carbocycles. The van der Waals surface area contributed by atoms with Gasteiger partial charge in [-0.25, -0.2) is 0 Å². The van der Waals surface area contributed by atoms with Gasteiger partial charge in [0, 0.05) is 0 Å². The van der Waals surface area contributed by atoms with Crippen LogP contribution in [0.25, 0.3) is 0 Å². The molecule has 0 rings (SSSR count). The molecular weight excluding hydrogens is 202 g/mol. The van der Waals surface area contributed by atoms with Gasteiger partial charge >= 0.3 is 44.9 Å². The minimum absolute atomic E-state index is 0.685. The van der Waals surface area contributed by atoms with Crippen molar-refractivity contribution in [3.63, 3.8) is 0 Å². The molecule has 0 aliphatic rings. The van der Waals surface area contributed by atoms with Gasteiger partial charge in [0.25, 0.3) is 0 Å². The Kier molecular flexibility index (Phi) is 5.73. The third kappa shape index (κ3) is 3.31. The molecule has 0 amide bonds. The van der Waals surface area contributed by atoms with E-state index in [9.17, 15) is 0 Å². The van der Waals surface area contributed by atoms with Gasteiger partial charge in [-0.15, -0.1) is 0 Å². The zero-order valence-corrected chi connectivity index (χ0v) is 6.09. The molecule has 0 aromatic rings. The van der Waals surface area contributed by atoms with Gasteiger partial charge in [0.05, 0.1) is 0 Å². The second-order valence-corrected chi connectivity index (χ2v) is 4.61. The monoisotopic (exact) mass is 207 g/mol. The van der Waals surface area contributed by atoms with E-state index < -0.39 is 0 Å². The Morgan fingerprint density at radius 2 is 2.25 bits per heavy atom. The van der Waals surface area contributed by atoms with Gasteiger partial charge in [-0.3, -0.25) is 0 Å². The fourth-order valence-corrected chi connectivity index (χ4v) is 0. The van der Waals surface area contributed by atoms with Crippen LogP contribution in [0.2, 0.25) is 5.13 Å². The quantitative estimate of drug-likeness (QED) is 0.575. The molecular formula is C2H5IV. The molecule has 0 saturated heterocycles. The van der Waals surface area contributed by atoms with Crippen LogP contribution in [0.4, 0.5) is 0 Å². The van der Waals surface area contributed by atoms with E-state index in [1.54, 1.807) is 0 Å². The maximum atomic E-state index is 2.45. The van der Waals surface area contributed by atoms with Crippen molar-refractivity contribution in [2.45, 2.75) is 12.1 Å². The number of hydrogen-bond acceptors (Lipinski definition) is 0. The van der Waals surface area contributed by atoms with Crippen molar-refractivity contribution in [3.05, 3.63) is 0 Å². The fourth-order valence-electron chi connectivity index (χ4n) is 0. The summed E-state index contributed by atoms with van der Waals surface area (Å²) in [5.41, 5.74) is 0. The third-order valence-electron chi connectivity index (χ3n) is 0.120. The van der Waals surface area contributed by atoms with Crippen LogP contribution in [0.15, 0.2) is 0 Å². The summed E-state index contributed by atoms with van der Waals surface area (Å²) in [7, 11) is 0. The Hall–Kier alpha value is 1.31. The summed E-state index contributed by atoms with van der Waals surface area (Å²) in [5.74, 6) is 0. The van der Waals surface area contributed by atoms with Crippen LogP contribution < -0.4 is 0 Å². The second kappa shape index (κ2) is 4.31. The normalized spacial score (nSPS) is 6.50. The first-order valence-corrected chi connectivity index (χ1v) is 6.69. The molecule has 0 unspecified atom stereocenters. The zero-order valence-electron chi connectivity index (χ0n) is 2.53. The predicted octanol–water partition coefficient (Wildman–Crippen LogP) is 1.86. The molecule has 0 N–H and O–H groups in total. The first-order valence-electron chi connectivity index (χ1n) is 1.19. The van der Waals surface area contributed by atoms with Gasteiger partial charge in [0.1, 0.15) is 0 Å². The van der Waals surface area contributed by atoms with Crippen LogP contribution in [0.3, 0.4) is 0 Å². The number of halogens is 1. The average molecular weight is 207 g/mol. The summed E-state index contributed by atoms with van der Waals surface area (Å²) >= 11 is 3.13. The van der Waals surface area contributed by atoms with Crippen LogP contribution in [0.1, 0.15) is 6.92 Å². The number of rotatable bonds is 1. The molecule has 0 fully saturated rings. The Morgan fingerprint density at radius 3 is 2.25 bits per heavy atom. The van der Waals surface area contributed by atoms with Gasteiger partial charge in [-0.05, 0) is 0 Å². The van der Waals surface area contributed by atoms with Crippen molar-refractivity contribution in [2.75, 3.05) is 0 Å². The first-order chi connectivity index (χ1) is 1.91. The van der Waals surface area contributed by atoms with Gasteiger partial charge in [-0.1, -0.05) is 0 Å². The molecule has 0 spiro atoms. The summed E-state index contributed by atoms with van der Waals surface area (Å²) in [6, 6.07) is 0. The van der Waals surface area contributed by atoms with Gasteiger partial charge in [0.15, 0.2) is 0 Å². The van der Waals surface area contributed by atoms with Crippen molar-refractivity contribution < 1.29 is 12.9 Å². The van der Waals surface area contributed by atoms with Crippen molar-refractivity contribution in [1.82, 2.24) is 0 Å². The topological polar surface area (TPSA) is 0 Å². The molecule has 4 heavy (non-hydrogen) atoms. The van der Waals surface area contributed by atoms with E-state index in [4.69, 9.17) is 0 Å². The second-order valence-electron chi connectivity index (χ2n) is 0.436. The van der Waals surface area contributed by atoms with E-state index >= 15 is 0 Å². The maximum absolute atomic E-state index is 2.45. The third-order valence-corrected chi connectivity index (χ3v) is 3.31. The molecule has 0 saturated carbocycles. The summed E-state index contributed by atoms with van der Waals surface area (Å²) < 4.78 is 0. The Balaban J connectivity index is 1.97. The van der Waals surface area contributed by atoms with Crippen LogP contribution in [-0.2, 0) is 12.9 Å². The Labute approximate surface area is 44.8 Å².